The first-order chi connectivity index (χ1) is 5.57. The number of rotatable bonds is 6. The van der Waals surface area contributed by atoms with Gasteiger partial charge in [-0.25, -0.2) is 0 Å². The first kappa shape index (κ1) is 11.7. The molecule has 0 aromatic heterocycles. The summed E-state index contributed by atoms with van der Waals surface area (Å²) in [6.45, 7) is 13.1. The van der Waals surface area contributed by atoms with Crippen molar-refractivity contribution in [2.24, 2.45) is 11.8 Å². The van der Waals surface area contributed by atoms with Crippen molar-refractivity contribution in [3.63, 3.8) is 0 Å². The zero-order valence-corrected chi connectivity index (χ0v) is 9.19. The summed E-state index contributed by atoms with van der Waals surface area (Å²) in [6, 6.07) is 0. The molecule has 12 heavy (non-hydrogen) atoms. The number of allylic oxidation sites excluding steroid dienone is 1. The Balaban J connectivity index is 3.55. The van der Waals surface area contributed by atoms with Crippen LogP contribution in [0.1, 0.15) is 53.4 Å². The van der Waals surface area contributed by atoms with Crippen molar-refractivity contribution in [1.29, 1.82) is 0 Å². The smallest absolute Gasteiger partial charge is 0.0323 e. The molecule has 0 saturated carbocycles. The van der Waals surface area contributed by atoms with Crippen molar-refractivity contribution < 1.29 is 0 Å². The lowest BCUT2D eigenvalue weighted by Gasteiger charge is -2.18. The minimum atomic E-state index is 0.863. The number of hydrogen-bond acceptors (Lipinski definition) is 0. The molecule has 0 radical (unpaired) electrons. The lowest BCUT2D eigenvalue weighted by Crippen LogP contribution is -2.07. The third-order valence-electron chi connectivity index (χ3n) is 2.74. The summed E-state index contributed by atoms with van der Waals surface area (Å²) in [5.41, 5.74) is 1.32. The molecule has 0 nitrogen and oxygen atoms in total. The van der Waals surface area contributed by atoms with Gasteiger partial charge in [-0.05, 0) is 31.6 Å². The van der Waals surface area contributed by atoms with E-state index in [1.54, 1.807) is 0 Å². The van der Waals surface area contributed by atoms with E-state index in [0.29, 0.717) is 0 Å². The van der Waals surface area contributed by atoms with Gasteiger partial charge in [-0.2, -0.15) is 0 Å². The quantitative estimate of drug-likeness (QED) is 0.515. The van der Waals surface area contributed by atoms with Crippen molar-refractivity contribution in [2.45, 2.75) is 53.4 Å². The zero-order chi connectivity index (χ0) is 9.56. The van der Waals surface area contributed by atoms with Gasteiger partial charge in [0.15, 0.2) is 0 Å². The van der Waals surface area contributed by atoms with E-state index >= 15 is 0 Å². The molecule has 2 unspecified atom stereocenters. The molecule has 72 valence electrons. The third kappa shape index (κ3) is 5.40. The van der Waals surface area contributed by atoms with Crippen molar-refractivity contribution in [2.75, 3.05) is 0 Å². The average molecular weight is 168 g/mol. The summed E-state index contributed by atoms with van der Waals surface area (Å²) in [7, 11) is 0. The van der Waals surface area contributed by atoms with Crippen molar-refractivity contribution in [3.8, 4) is 0 Å². The van der Waals surface area contributed by atoms with Crippen LogP contribution >= 0.6 is 0 Å². The maximum Gasteiger partial charge on any atom is -0.0323 e. The minimum Gasteiger partial charge on any atom is -0.100 e. The second kappa shape index (κ2) is 6.28. The molecule has 0 heterocycles. The maximum absolute atomic E-state index is 3.93. The summed E-state index contributed by atoms with van der Waals surface area (Å²) >= 11 is 0. The van der Waals surface area contributed by atoms with E-state index in [9.17, 15) is 0 Å². The first-order valence-electron chi connectivity index (χ1n) is 5.22. The molecule has 0 aliphatic carbocycles. The minimum absolute atomic E-state index is 0.863. The van der Waals surface area contributed by atoms with Gasteiger partial charge < -0.3 is 0 Å². The van der Waals surface area contributed by atoms with E-state index in [1.807, 2.05) is 0 Å². The lowest BCUT2D eigenvalue weighted by atomic mass is 9.87. The fourth-order valence-corrected chi connectivity index (χ4v) is 1.50. The van der Waals surface area contributed by atoms with E-state index in [2.05, 4.69) is 34.3 Å². The van der Waals surface area contributed by atoms with Crippen LogP contribution in [0.5, 0.6) is 0 Å². The van der Waals surface area contributed by atoms with Gasteiger partial charge in [0.05, 0.1) is 0 Å². The van der Waals surface area contributed by atoms with Crippen molar-refractivity contribution >= 4 is 0 Å². The standard InChI is InChI=1S/C12H24/c1-6-7-11(4)12(5)9-8-10(2)3/h11-12H,2,6-9H2,1,3-5H3. The Morgan fingerprint density at radius 1 is 1.17 bits per heavy atom. The molecular weight excluding hydrogens is 144 g/mol. The summed E-state index contributed by atoms with van der Waals surface area (Å²) < 4.78 is 0. The lowest BCUT2D eigenvalue weighted by molar-refractivity contribution is 0.341. The molecule has 0 spiro atoms. The Morgan fingerprint density at radius 3 is 2.08 bits per heavy atom. The van der Waals surface area contributed by atoms with E-state index in [-0.39, 0.29) is 0 Å². The first-order valence-corrected chi connectivity index (χ1v) is 5.22. The molecular formula is C12H24. The highest BCUT2D eigenvalue weighted by Gasteiger charge is 2.10. The summed E-state index contributed by atoms with van der Waals surface area (Å²) in [5, 5.41) is 0. The van der Waals surface area contributed by atoms with E-state index in [4.69, 9.17) is 0 Å². The maximum atomic E-state index is 3.93. The molecule has 0 amide bonds. The van der Waals surface area contributed by atoms with Crippen LogP contribution in [0, 0.1) is 11.8 Å². The average Bonchev–Trinajstić information content (AvgIpc) is 2.00. The fraction of sp³-hybridized carbons (Fsp3) is 0.833. The number of hydrogen-bond donors (Lipinski definition) is 0. The summed E-state index contributed by atoms with van der Waals surface area (Å²) in [4.78, 5) is 0. The molecule has 0 aromatic carbocycles. The van der Waals surface area contributed by atoms with Crippen LogP contribution in [-0.2, 0) is 0 Å². The van der Waals surface area contributed by atoms with Crippen LogP contribution in [0.2, 0.25) is 0 Å². The molecule has 2 atom stereocenters. The predicted molar refractivity (Wildman–Crippen MR) is 57.3 cm³/mol. The van der Waals surface area contributed by atoms with Crippen LogP contribution in [0.15, 0.2) is 12.2 Å². The molecule has 0 N–H and O–H groups in total. The Hall–Kier alpha value is -0.260. The summed E-state index contributed by atoms with van der Waals surface area (Å²) in [5.74, 6) is 1.75. The highest BCUT2D eigenvalue weighted by molar-refractivity contribution is 4.88. The molecule has 0 aliphatic heterocycles. The Kier molecular flexibility index (Phi) is 6.14. The Bertz CT molecular complexity index is 124. The topological polar surface area (TPSA) is 0 Å². The van der Waals surface area contributed by atoms with Crippen molar-refractivity contribution in [3.05, 3.63) is 12.2 Å². The third-order valence-corrected chi connectivity index (χ3v) is 2.74. The Morgan fingerprint density at radius 2 is 1.67 bits per heavy atom. The monoisotopic (exact) mass is 168 g/mol. The predicted octanol–water partition coefficient (Wildman–Crippen LogP) is 4.42. The van der Waals surface area contributed by atoms with Gasteiger partial charge in [0.25, 0.3) is 0 Å². The molecule has 0 aromatic rings. The second-order valence-corrected chi connectivity index (χ2v) is 4.24. The van der Waals surface area contributed by atoms with Crippen LogP contribution in [-0.4, -0.2) is 0 Å². The van der Waals surface area contributed by atoms with Crippen LogP contribution in [0.4, 0.5) is 0 Å². The van der Waals surface area contributed by atoms with E-state index in [0.717, 1.165) is 11.8 Å². The fourth-order valence-electron chi connectivity index (χ4n) is 1.50. The Labute approximate surface area is 78.1 Å². The second-order valence-electron chi connectivity index (χ2n) is 4.24. The molecule has 0 heteroatoms. The molecule has 0 rings (SSSR count). The normalized spacial score (nSPS) is 15.7. The summed E-state index contributed by atoms with van der Waals surface area (Å²) in [6.07, 6.45) is 5.21. The molecule has 0 aliphatic rings. The van der Waals surface area contributed by atoms with Gasteiger partial charge in [-0.3, -0.25) is 0 Å². The van der Waals surface area contributed by atoms with Gasteiger partial charge in [-0.1, -0.05) is 39.2 Å². The highest BCUT2D eigenvalue weighted by atomic mass is 14.2. The molecule has 0 fully saturated rings. The van der Waals surface area contributed by atoms with Gasteiger partial charge >= 0.3 is 0 Å². The molecule has 0 bridgehead atoms. The largest absolute Gasteiger partial charge is 0.100 e. The van der Waals surface area contributed by atoms with Crippen molar-refractivity contribution in [1.82, 2.24) is 0 Å². The van der Waals surface area contributed by atoms with Crippen LogP contribution < -0.4 is 0 Å². The van der Waals surface area contributed by atoms with Gasteiger partial charge in [-0.15, -0.1) is 6.58 Å². The van der Waals surface area contributed by atoms with Crippen LogP contribution in [0.25, 0.3) is 0 Å². The van der Waals surface area contributed by atoms with Gasteiger partial charge in [0.1, 0.15) is 0 Å². The van der Waals surface area contributed by atoms with E-state index in [1.165, 1.54) is 31.3 Å². The molecule has 0 saturated heterocycles. The zero-order valence-electron chi connectivity index (χ0n) is 9.19. The SMILES string of the molecule is C=C(C)CCC(C)C(C)CCC. The van der Waals surface area contributed by atoms with Gasteiger partial charge in [0.2, 0.25) is 0 Å². The highest BCUT2D eigenvalue weighted by Crippen LogP contribution is 2.22. The van der Waals surface area contributed by atoms with Gasteiger partial charge in [0, 0.05) is 0 Å². The van der Waals surface area contributed by atoms with Crippen LogP contribution in [0.3, 0.4) is 0 Å². The van der Waals surface area contributed by atoms with E-state index < -0.39 is 0 Å².